The number of nitrogens with one attached hydrogen (secondary N) is 2. The summed E-state index contributed by atoms with van der Waals surface area (Å²) in [6.45, 7) is 1.11. The minimum atomic E-state index is -0.267. The van der Waals surface area contributed by atoms with Crippen LogP contribution in [0, 0.1) is 0 Å². The van der Waals surface area contributed by atoms with Crippen molar-refractivity contribution in [2.45, 2.75) is 13.0 Å². The van der Waals surface area contributed by atoms with Gasteiger partial charge in [0.25, 0.3) is 5.91 Å². The molecule has 1 aliphatic heterocycles. The van der Waals surface area contributed by atoms with Crippen molar-refractivity contribution < 1.29 is 9.53 Å². The summed E-state index contributed by atoms with van der Waals surface area (Å²) in [7, 11) is 1.65. The van der Waals surface area contributed by atoms with Crippen molar-refractivity contribution in [3.05, 3.63) is 75.7 Å². The van der Waals surface area contributed by atoms with Crippen molar-refractivity contribution in [2.24, 2.45) is 0 Å². The maximum Gasteiger partial charge on any atom is 0.255 e. The second-order valence-corrected chi connectivity index (χ2v) is 7.06. The molecule has 1 aliphatic rings. The zero-order valence-electron chi connectivity index (χ0n) is 15.4. The molecule has 0 unspecified atom stereocenters. The van der Waals surface area contributed by atoms with Gasteiger partial charge in [-0.25, -0.2) is 0 Å². The molecule has 1 amide bonds. The van der Waals surface area contributed by atoms with E-state index in [1.54, 1.807) is 7.11 Å². The Bertz CT molecular complexity index is 1290. The number of rotatable bonds is 2. The number of para-hydroxylation sites is 1. The molecule has 0 fully saturated rings. The molecular formula is C22H19N3O3. The van der Waals surface area contributed by atoms with Gasteiger partial charge in [0, 0.05) is 58.6 Å². The molecule has 0 bridgehead atoms. The fourth-order valence-electron chi connectivity index (χ4n) is 4.05. The van der Waals surface area contributed by atoms with Gasteiger partial charge in [-0.05, 0) is 24.3 Å². The first-order valence-corrected chi connectivity index (χ1v) is 9.23. The first kappa shape index (κ1) is 16.6. The fourth-order valence-corrected chi connectivity index (χ4v) is 4.05. The lowest BCUT2D eigenvalue weighted by atomic mass is 10.0. The van der Waals surface area contributed by atoms with Crippen molar-refractivity contribution >= 4 is 27.7 Å². The van der Waals surface area contributed by atoms with Crippen LogP contribution in [0.3, 0.4) is 0 Å². The van der Waals surface area contributed by atoms with E-state index in [4.69, 9.17) is 4.74 Å². The SMILES string of the molecule is COc1ccc2[nH]c3c(c2c1)CN(C(=O)c1cc(=O)[nH]c2ccccc12)CC3. The van der Waals surface area contributed by atoms with Crippen LogP contribution in [0.1, 0.15) is 21.6 Å². The summed E-state index contributed by atoms with van der Waals surface area (Å²) >= 11 is 0. The summed E-state index contributed by atoms with van der Waals surface area (Å²) in [4.78, 5) is 33.4. The van der Waals surface area contributed by atoms with Crippen LogP contribution in [0.15, 0.2) is 53.3 Å². The van der Waals surface area contributed by atoms with Crippen LogP contribution in [0.4, 0.5) is 0 Å². The van der Waals surface area contributed by atoms with Crippen molar-refractivity contribution in [2.75, 3.05) is 13.7 Å². The number of nitrogens with zero attached hydrogens (tertiary/aromatic N) is 1. The van der Waals surface area contributed by atoms with E-state index in [1.165, 1.54) is 6.07 Å². The van der Waals surface area contributed by atoms with Crippen LogP contribution in [0.25, 0.3) is 21.8 Å². The normalized spacial score (nSPS) is 13.7. The second kappa shape index (κ2) is 6.27. The summed E-state index contributed by atoms with van der Waals surface area (Å²) in [5.41, 5.74) is 4.16. The number of pyridine rings is 1. The van der Waals surface area contributed by atoms with Gasteiger partial charge in [-0.3, -0.25) is 9.59 Å². The third-order valence-corrected chi connectivity index (χ3v) is 5.45. The average Bonchev–Trinajstić information content (AvgIpc) is 3.09. The van der Waals surface area contributed by atoms with Crippen molar-refractivity contribution in [1.82, 2.24) is 14.9 Å². The number of amides is 1. The zero-order valence-corrected chi connectivity index (χ0v) is 15.4. The topological polar surface area (TPSA) is 78.2 Å². The second-order valence-electron chi connectivity index (χ2n) is 7.06. The van der Waals surface area contributed by atoms with Crippen molar-refractivity contribution in [3.63, 3.8) is 0 Å². The number of H-pyrrole nitrogens is 2. The maximum absolute atomic E-state index is 13.3. The van der Waals surface area contributed by atoms with Gasteiger partial charge in [0.05, 0.1) is 12.7 Å². The molecule has 5 rings (SSSR count). The lowest BCUT2D eigenvalue weighted by Gasteiger charge is -2.27. The molecule has 3 heterocycles. The summed E-state index contributed by atoms with van der Waals surface area (Å²) in [6.07, 6.45) is 0.749. The first-order chi connectivity index (χ1) is 13.6. The number of methoxy groups -OCH3 is 1. The van der Waals surface area contributed by atoms with E-state index in [0.717, 1.165) is 39.7 Å². The highest BCUT2D eigenvalue weighted by Crippen LogP contribution is 2.31. The number of aromatic amines is 2. The number of carbonyl (C=O) groups excluding carboxylic acids is 1. The maximum atomic E-state index is 13.3. The number of hydrogen-bond acceptors (Lipinski definition) is 3. The molecule has 28 heavy (non-hydrogen) atoms. The lowest BCUT2D eigenvalue weighted by molar-refractivity contribution is 0.0737. The van der Waals surface area contributed by atoms with E-state index in [9.17, 15) is 9.59 Å². The number of aromatic nitrogens is 2. The van der Waals surface area contributed by atoms with E-state index >= 15 is 0 Å². The van der Waals surface area contributed by atoms with Crippen LogP contribution < -0.4 is 10.3 Å². The molecule has 0 radical (unpaired) electrons. The van der Waals surface area contributed by atoms with E-state index in [1.807, 2.05) is 47.4 Å². The Morgan fingerprint density at radius 3 is 2.71 bits per heavy atom. The molecule has 6 nitrogen and oxygen atoms in total. The molecule has 0 aliphatic carbocycles. The lowest BCUT2D eigenvalue weighted by Crippen LogP contribution is -2.36. The zero-order chi connectivity index (χ0) is 19.3. The summed E-state index contributed by atoms with van der Waals surface area (Å²) < 4.78 is 5.36. The molecule has 6 heteroatoms. The number of hydrogen-bond donors (Lipinski definition) is 2. The van der Waals surface area contributed by atoms with E-state index < -0.39 is 0 Å². The van der Waals surface area contributed by atoms with Crippen molar-refractivity contribution in [3.8, 4) is 5.75 Å². The predicted molar refractivity (Wildman–Crippen MR) is 108 cm³/mol. The Kier molecular flexibility index (Phi) is 3.72. The predicted octanol–water partition coefficient (Wildman–Crippen LogP) is 3.22. The summed E-state index contributed by atoms with van der Waals surface area (Å²) in [5, 5.41) is 1.83. The van der Waals surface area contributed by atoms with Crippen LogP contribution in [0.2, 0.25) is 0 Å². The standard InChI is InChI=1S/C22H19N3O3/c1-28-13-6-7-19-15(10-13)17-12-25(9-8-20(17)23-19)22(27)16-11-21(26)24-18-5-3-2-4-14(16)18/h2-7,10-11,23H,8-9,12H2,1H3,(H,24,26). The number of carbonyl (C=O) groups is 1. The van der Waals surface area contributed by atoms with Gasteiger partial charge in [0.1, 0.15) is 5.75 Å². The molecule has 0 saturated heterocycles. The molecule has 0 saturated carbocycles. The highest BCUT2D eigenvalue weighted by Gasteiger charge is 2.26. The minimum absolute atomic E-state index is 0.120. The minimum Gasteiger partial charge on any atom is -0.497 e. The number of fused-ring (bicyclic) bond motifs is 4. The fraction of sp³-hybridized carbons (Fsp3) is 0.182. The molecule has 2 aromatic heterocycles. The van der Waals surface area contributed by atoms with E-state index in [0.29, 0.717) is 24.2 Å². The summed E-state index contributed by atoms with van der Waals surface area (Å²) in [6, 6.07) is 14.7. The number of benzene rings is 2. The Morgan fingerprint density at radius 2 is 1.86 bits per heavy atom. The summed E-state index contributed by atoms with van der Waals surface area (Å²) in [5.74, 6) is 0.670. The first-order valence-electron chi connectivity index (χ1n) is 9.23. The van der Waals surface area contributed by atoms with E-state index in [-0.39, 0.29) is 11.5 Å². The van der Waals surface area contributed by atoms with Gasteiger partial charge in [-0.2, -0.15) is 0 Å². The monoisotopic (exact) mass is 373 g/mol. The highest BCUT2D eigenvalue weighted by atomic mass is 16.5. The van der Waals surface area contributed by atoms with Crippen molar-refractivity contribution in [1.29, 1.82) is 0 Å². The number of ether oxygens (including phenoxy) is 1. The highest BCUT2D eigenvalue weighted by molar-refractivity contribution is 6.06. The van der Waals surface area contributed by atoms with Gasteiger partial charge in [-0.1, -0.05) is 18.2 Å². The van der Waals surface area contributed by atoms with Gasteiger partial charge in [-0.15, -0.1) is 0 Å². The van der Waals surface area contributed by atoms with Gasteiger partial charge in [0.15, 0.2) is 0 Å². The third kappa shape index (κ3) is 2.57. The molecule has 2 N–H and O–H groups in total. The van der Waals surface area contributed by atoms with E-state index in [2.05, 4.69) is 9.97 Å². The molecule has 2 aromatic carbocycles. The molecule has 140 valence electrons. The molecule has 4 aromatic rings. The van der Waals surface area contributed by atoms with Gasteiger partial charge >= 0.3 is 0 Å². The van der Waals surface area contributed by atoms with Crippen LogP contribution in [-0.2, 0) is 13.0 Å². The Hall–Kier alpha value is -3.54. The van der Waals surface area contributed by atoms with Gasteiger partial charge < -0.3 is 19.6 Å². The molecule has 0 spiro atoms. The Morgan fingerprint density at radius 1 is 1.04 bits per heavy atom. The quantitative estimate of drug-likeness (QED) is 0.566. The van der Waals surface area contributed by atoms with Crippen LogP contribution in [0.5, 0.6) is 5.75 Å². The molecular weight excluding hydrogens is 354 g/mol. The largest absolute Gasteiger partial charge is 0.497 e. The van der Waals surface area contributed by atoms with Crippen LogP contribution in [-0.4, -0.2) is 34.4 Å². The van der Waals surface area contributed by atoms with Gasteiger partial charge in [0.2, 0.25) is 5.56 Å². The Labute approximate surface area is 160 Å². The smallest absolute Gasteiger partial charge is 0.255 e. The average molecular weight is 373 g/mol. The van der Waals surface area contributed by atoms with Crippen LogP contribution >= 0.6 is 0 Å². The third-order valence-electron chi connectivity index (χ3n) is 5.45. The molecule has 0 atom stereocenters. The Balaban J connectivity index is 1.56.